The number of hydrogen-bond acceptors (Lipinski definition) is 5. The van der Waals surface area contributed by atoms with Crippen molar-refractivity contribution in [1.82, 2.24) is 4.98 Å². The van der Waals surface area contributed by atoms with Gasteiger partial charge in [0.1, 0.15) is 17.2 Å². The Labute approximate surface area is 118 Å². The second-order valence-corrected chi connectivity index (χ2v) is 5.02. The molecule has 0 saturated carbocycles. The van der Waals surface area contributed by atoms with E-state index in [1.54, 1.807) is 25.3 Å². The van der Waals surface area contributed by atoms with Crippen molar-refractivity contribution >= 4 is 28.1 Å². The normalized spacial score (nSPS) is 11.4. The number of carbonyl (C=O) groups is 1. The fourth-order valence-electron chi connectivity index (χ4n) is 1.53. The zero-order valence-corrected chi connectivity index (χ0v) is 11.7. The predicted molar refractivity (Wildman–Crippen MR) is 75.2 cm³/mol. The average Bonchev–Trinajstić information content (AvgIpc) is 2.89. The fourth-order valence-corrected chi connectivity index (χ4v) is 2.28. The Morgan fingerprint density at radius 1 is 1.50 bits per heavy atom. The number of amides is 1. The van der Waals surface area contributed by atoms with Crippen molar-refractivity contribution in [2.75, 3.05) is 5.32 Å². The Hall–Kier alpha value is -2.28. The summed E-state index contributed by atoms with van der Waals surface area (Å²) in [7, 11) is 0. The van der Waals surface area contributed by atoms with E-state index in [0.29, 0.717) is 16.5 Å². The molecular formula is C13H12FN3O2S. The smallest absolute Gasteiger partial charge is 0.260 e. The van der Waals surface area contributed by atoms with Crippen LogP contribution in [0, 0.1) is 12.7 Å². The van der Waals surface area contributed by atoms with Crippen molar-refractivity contribution in [1.29, 1.82) is 0 Å². The lowest BCUT2D eigenvalue weighted by molar-refractivity contribution is 0.102. The lowest BCUT2D eigenvalue weighted by Gasteiger charge is -2.04. The van der Waals surface area contributed by atoms with Crippen molar-refractivity contribution in [3.8, 4) is 0 Å². The number of oxime groups is 1. The molecule has 2 aromatic rings. The van der Waals surface area contributed by atoms with E-state index in [1.807, 2.05) is 0 Å². The van der Waals surface area contributed by atoms with E-state index in [-0.39, 0.29) is 5.56 Å². The number of nitrogens with one attached hydrogen (secondary N) is 1. The molecule has 5 nitrogen and oxygen atoms in total. The minimum absolute atomic E-state index is 0.0331. The average molecular weight is 293 g/mol. The summed E-state index contributed by atoms with van der Waals surface area (Å²) in [6.45, 7) is 3.36. The van der Waals surface area contributed by atoms with Gasteiger partial charge in [0.25, 0.3) is 5.91 Å². The Bertz CT molecular complexity index is 682. The van der Waals surface area contributed by atoms with Crippen LogP contribution in [0.2, 0.25) is 0 Å². The molecule has 0 aliphatic heterocycles. The second kappa shape index (κ2) is 5.79. The molecule has 0 bridgehead atoms. The van der Waals surface area contributed by atoms with Gasteiger partial charge in [0.15, 0.2) is 5.13 Å². The van der Waals surface area contributed by atoms with Crippen LogP contribution < -0.4 is 5.32 Å². The van der Waals surface area contributed by atoms with Gasteiger partial charge in [0, 0.05) is 5.38 Å². The molecule has 2 N–H and O–H groups in total. The number of rotatable bonds is 3. The summed E-state index contributed by atoms with van der Waals surface area (Å²) in [6, 6.07) is 4.31. The number of hydrogen-bond donors (Lipinski definition) is 2. The largest absolute Gasteiger partial charge is 0.411 e. The number of benzene rings is 1. The van der Waals surface area contributed by atoms with Crippen molar-refractivity contribution in [2.24, 2.45) is 5.16 Å². The van der Waals surface area contributed by atoms with E-state index >= 15 is 0 Å². The Balaban J connectivity index is 2.19. The van der Waals surface area contributed by atoms with Gasteiger partial charge < -0.3 is 5.21 Å². The standard InChI is InChI=1S/C13H12FN3O2S/c1-7-3-4-10(14)9(5-7)12(18)16-13-15-11(6-20-13)8(2)17-19/h3-6,19H,1-2H3,(H,15,16,18). The summed E-state index contributed by atoms with van der Waals surface area (Å²) in [4.78, 5) is 16.0. The first-order valence-electron chi connectivity index (χ1n) is 5.73. The molecule has 1 heterocycles. The Kier molecular flexibility index (Phi) is 4.09. The van der Waals surface area contributed by atoms with Gasteiger partial charge in [0.05, 0.1) is 5.56 Å². The van der Waals surface area contributed by atoms with E-state index in [9.17, 15) is 9.18 Å². The van der Waals surface area contributed by atoms with Crippen molar-refractivity contribution < 1.29 is 14.4 Å². The molecule has 0 aliphatic rings. The van der Waals surface area contributed by atoms with Crippen LogP contribution in [0.4, 0.5) is 9.52 Å². The molecule has 0 fully saturated rings. The lowest BCUT2D eigenvalue weighted by Crippen LogP contribution is -2.14. The Morgan fingerprint density at radius 3 is 2.95 bits per heavy atom. The third-order valence-corrected chi connectivity index (χ3v) is 3.37. The van der Waals surface area contributed by atoms with Crippen LogP contribution in [0.5, 0.6) is 0 Å². The molecule has 20 heavy (non-hydrogen) atoms. The molecule has 0 aliphatic carbocycles. The first-order chi connectivity index (χ1) is 9.51. The highest BCUT2D eigenvalue weighted by atomic mass is 32.1. The third-order valence-electron chi connectivity index (χ3n) is 2.61. The SMILES string of the molecule is CC(=NO)c1csc(NC(=O)c2cc(C)ccc2F)n1. The van der Waals surface area contributed by atoms with Crippen LogP contribution in [0.1, 0.15) is 28.5 Å². The minimum Gasteiger partial charge on any atom is -0.411 e. The van der Waals surface area contributed by atoms with Gasteiger partial charge in [-0.05, 0) is 26.0 Å². The molecule has 1 aromatic heterocycles. The van der Waals surface area contributed by atoms with Crippen molar-refractivity contribution in [2.45, 2.75) is 13.8 Å². The van der Waals surface area contributed by atoms with Gasteiger partial charge >= 0.3 is 0 Å². The van der Waals surface area contributed by atoms with Gasteiger partial charge in [-0.3, -0.25) is 10.1 Å². The fraction of sp³-hybridized carbons (Fsp3) is 0.154. The highest BCUT2D eigenvalue weighted by Crippen LogP contribution is 2.18. The molecule has 7 heteroatoms. The van der Waals surface area contributed by atoms with Gasteiger partial charge in [-0.15, -0.1) is 11.3 Å². The maximum Gasteiger partial charge on any atom is 0.260 e. The van der Waals surface area contributed by atoms with Crippen molar-refractivity contribution in [3.63, 3.8) is 0 Å². The van der Waals surface area contributed by atoms with Crippen LogP contribution in [0.15, 0.2) is 28.7 Å². The number of aryl methyl sites for hydroxylation is 1. The maximum atomic E-state index is 13.6. The summed E-state index contributed by atoms with van der Waals surface area (Å²) in [5, 5.41) is 16.1. The monoisotopic (exact) mass is 293 g/mol. The van der Waals surface area contributed by atoms with E-state index in [4.69, 9.17) is 5.21 Å². The quantitative estimate of drug-likeness (QED) is 0.519. The summed E-state index contributed by atoms with van der Waals surface area (Å²) < 4.78 is 13.6. The summed E-state index contributed by atoms with van der Waals surface area (Å²) >= 11 is 1.17. The molecule has 0 atom stereocenters. The zero-order chi connectivity index (χ0) is 14.7. The third kappa shape index (κ3) is 3.00. The van der Waals surface area contributed by atoms with Gasteiger partial charge in [-0.25, -0.2) is 9.37 Å². The molecule has 0 unspecified atom stereocenters. The lowest BCUT2D eigenvalue weighted by atomic mass is 10.1. The van der Waals surface area contributed by atoms with E-state index < -0.39 is 11.7 Å². The summed E-state index contributed by atoms with van der Waals surface area (Å²) in [5.74, 6) is -1.15. The molecule has 104 valence electrons. The number of halogens is 1. The van der Waals surface area contributed by atoms with E-state index in [2.05, 4.69) is 15.5 Å². The first kappa shape index (κ1) is 14.1. The molecular weight excluding hydrogens is 281 g/mol. The predicted octanol–water partition coefficient (Wildman–Crippen LogP) is 3.04. The first-order valence-corrected chi connectivity index (χ1v) is 6.61. The van der Waals surface area contributed by atoms with Gasteiger partial charge in [-0.1, -0.05) is 16.8 Å². The van der Waals surface area contributed by atoms with Crippen LogP contribution in [-0.2, 0) is 0 Å². The number of anilines is 1. The van der Waals surface area contributed by atoms with Crippen LogP contribution in [0.25, 0.3) is 0 Å². The minimum atomic E-state index is -0.585. The molecule has 2 rings (SSSR count). The molecule has 1 aromatic carbocycles. The Morgan fingerprint density at radius 2 is 2.25 bits per heavy atom. The number of aromatic nitrogens is 1. The van der Waals surface area contributed by atoms with Crippen LogP contribution in [0.3, 0.4) is 0 Å². The molecule has 1 amide bonds. The van der Waals surface area contributed by atoms with Crippen LogP contribution >= 0.6 is 11.3 Å². The molecule has 0 radical (unpaired) electrons. The zero-order valence-electron chi connectivity index (χ0n) is 10.8. The number of nitrogens with zero attached hydrogens (tertiary/aromatic N) is 2. The highest BCUT2D eigenvalue weighted by Gasteiger charge is 2.14. The van der Waals surface area contributed by atoms with E-state index in [0.717, 1.165) is 5.56 Å². The number of thiazole rings is 1. The van der Waals surface area contributed by atoms with Crippen LogP contribution in [-0.4, -0.2) is 21.8 Å². The van der Waals surface area contributed by atoms with Gasteiger partial charge in [0.2, 0.25) is 0 Å². The maximum absolute atomic E-state index is 13.6. The van der Waals surface area contributed by atoms with E-state index in [1.165, 1.54) is 23.5 Å². The number of carbonyl (C=O) groups excluding carboxylic acids is 1. The summed E-state index contributed by atoms with van der Waals surface area (Å²) in [6.07, 6.45) is 0. The highest BCUT2D eigenvalue weighted by molar-refractivity contribution is 7.14. The molecule has 0 spiro atoms. The summed E-state index contributed by atoms with van der Waals surface area (Å²) in [5.41, 5.74) is 1.55. The van der Waals surface area contributed by atoms with Crippen molar-refractivity contribution in [3.05, 3.63) is 46.2 Å². The second-order valence-electron chi connectivity index (χ2n) is 4.16. The topological polar surface area (TPSA) is 74.6 Å². The van der Waals surface area contributed by atoms with Gasteiger partial charge in [-0.2, -0.15) is 0 Å². The molecule has 0 saturated heterocycles.